The Morgan fingerprint density at radius 3 is 2.14 bits per heavy atom. The summed E-state index contributed by atoms with van der Waals surface area (Å²) in [6, 6.07) is 19.9. The molecule has 3 rings (SSSR count). The first-order valence-electron chi connectivity index (χ1n) is 7.43. The molecule has 0 bridgehead atoms. The van der Waals surface area contributed by atoms with Crippen molar-refractivity contribution in [3.8, 4) is 0 Å². The number of Topliss-reactive ketones (excluding diaryl/α,β-unsaturated/α-hetero) is 1. The van der Waals surface area contributed by atoms with Gasteiger partial charge in [0.1, 0.15) is 0 Å². The second kappa shape index (κ2) is 5.33. The zero-order chi connectivity index (χ0) is 14.9. The first-order chi connectivity index (χ1) is 10.1. The minimum Gasteiger partial charge on any atom is -0.294 e. The van der Waals surface area contributed by atoms with Gasteiger partial charge in [0, 0.05) is 11.5 Å². The van der Waals surface area contributed by atoms with Gasteiger partial charge in [0.25, 0.3) is 0 Å². The van der Waals surface area contributed by atoms with Crippen molar-refractivity contribution < 1.29 is 4.79 Å². The summed E-state index contributed by atoms with van der Waals surface area (Å²) in [5, 5.41) is 0. The largest absolute Gasteiger partial charge is 0.294 e. The third kappa shape index (κ3) is 2.69. The maximum atomic E-state index is 12.6. The lowest BCUT2D eigenvalue weighted by Crippen LogP contribution is -2.06. The van der Waals surface area contributed by atoms with E-state index in [1.165, 1.54) is 5.56 Å². The van der Waals surface area contributed by atoms with Crippen LogP contribution in [0.5, 0.6) is 0 Å². The summed E-state index contributed by atoms with van der Waals surface area (Å²) < 4.78 is 0. The number of hydrogen-bond donors (Lipinski definition) is 0. The van der Waals surface area contributed by atoms with Crippen molar-refractivity contribution in [2.75, 3.05) is 0 Å². The van der Waals surface area contributed by atoms with Gasteiger partial charge in [-0.25, -0.2) is 0 Å². The molecule has 2 aromatic carbocycles. The summed E-state index contributed by atoms with van der Waals surface area (Å²) in [7, 11) is 0. The number of allylic oxidation sites excluding steroid dienone is 1. The van der Waals surface area contributed by atoms with Gasteiger partial charge in [-0.05, 0) is 16.9 Å². The number of carbonyl (C=O) groups excluding carboxylic acids is 1. The van der Waals surface area contributed by atoms with Gasteiger partial charge in [0.05, 0.1) is 0 Å². The topological polar surface area (TPSA) is 17.1 Å². The highest BCUT2D eigenvalue weighted by Gasteiger charge is 2.59. The van der Waals surface area contributed by atoms with Crippen LogP contribution in [0, 0.1) is 17.3 Å². The molecule has 0 heterocycles. The fourth-order valence-electron chi connectivity index (χ4n) is 3.10. The van der Waals surface area contributed by atoms with E-state index in [1.807, 2.05) is 48.5 Å². The lowest BCUT2D eigenvalue weighted by Gasteiger charge is -2.01. The Kier molecular flexibility index (Phi) is 3.50. The van der Waals surface area contributed by atoms with Crippen LogP contribution < -0.4 is 0 Å². The molecule has 0 N–H and O–H groups in total. The van der Waals surface area contributed by atoms with Crippen LogP contribution in [-0.2, 0) is 0 Å². The van der Waals surface area contributed by atoms with Crippen LogP contribution >= 0.6 is 0 Å². The molecule has 1 nitrogen and oxygen atoms in total. The Morgan fingerprint density at radius 1 is 0.952 bits per heavy atom. The van der Waals surface area contributed by atoms with E-state index < -0.39 is 0 Å². The first-order valence-corrected chi connectivity index (χ1v) is 7.43. The summed E-state index contributed by atoms with van der Waals surface area (Å²) in [6.45, 7) is 4.36. The van der Waals surface area contributed by atoms with Crippen molar-refractivity contribution in [1.29, 1.82) is 0 Å². The zero-order valence-electron chi connectivity index (χ0n) is 12.5. The summed E-state index contributed by atoms with van der Waals surface area (Å²) >= 11 is 0. The van der Waals surface area contributed by atoms with Crippen molar-refractivity contribution in [1.82, 2.24) is 0 Å². The summed E-state index contributed by atoms with van der Waals surface area (Å²) in [6.07, 6.45) is 4.32. The second-order valence-corrected chi connectivity index (χ2v) is 6.32. The maximum absolute atomic E-state index is 12.6. The van der Waals surface area contributed by atoms with Crippen molar-refractivity contribution in [2.24, 2.45) is 17.3 Å². The Morgan fingerprint density at radius 2 is 1.52 bits per heavy atom. The standard InChI is InChI=1S/C20H20O/c1-20(2)17(14-13-15-9-5-3-6-10-15)18(20)19(21)16-11-7-4-8-12-16/h3-14,17-18H,1-2H3/b14-13+/t17-,18+/m1/s1. The predicted molar refractivity (Wildman–Crippen MR) is 87.0 cm³/mol. The van der Waals surface area contributed by atoms with Crippen molar-refractivity contribution in [2.45, 2.75) is 13.8 Å². The molecule has 1 fully saturated rings. The minimum absolute atomic E-state index is 0.0538. The third-order valence-corrected chi connectivity index (χ3v) is 4.55. The number of hydrogen-bond acceptors (Lipinski definition) is 1. The molecular weight excluding hydrogens is 256 g/mol. The van der Waals surface area contributed by atoms with Gasteiger partial charge in [0.2, 0.25) is 0 Å². The molecule has 1 aliphatic rings. The molecule has 0 aliphatic heterocycles. The van der Waals surface area contributed by atoms with E-state index >= 15 is 0 Å². The van der Waals surface area contributed by atoms with Gasteiger partial charge in [-0.3, -0.25) is 4.79 Å². The van der Waals surface area contributed by atoms with Gasteiger partial charge in [-0.2, -0.15) is 0 Å². The van der Waals surface area contributed by atoms with Crippen molar-refractivity contribution in [3.05, 3.63) is 77.9 Å². The average molecular weight is 276 g/mol. The Bertz CT molecular complexity index is 653. The van der Waals surface area contributed by atoms with Crippen molar-refractivity contribution in [3.63, 3.8) is 0 Å². The predicted octanol–water partition coefficient (Wildman–Crippen LogP) is 4.85. The average Bonchev–Trinajstić information content (AvgIpc) is 3.07. The minimum atomic E-state index is 0.0538. The van der Waals surface area contributed by atoms with Crippen LogP contribution in [0.15, 0.2) is 66.7 Å². The van der Waals surface area contributed by atoms with Crippen LogP contribution in [0.25, 0.3) is 6.08 Å². The Balaban J connectivity index is 1.76. The summed E-state index contributed by atoms with van der Waals surface area (Å²) in [5.41, 5.74) is 2.07. The Hall–Kier alpha value is -2.15. The highest BCUT2D eigenvalue weighted by atomic mass is 16.1. The third-order valence-electron chi connectivity index (χ3n) is 4.55. The molecule has 2 aromatic rings. The molecule has 0 amide bonds. The van der Waals surface area contributed by atoms with E-state index in [4.69, 9.17) is 0 Å². The van der Waals surface area contributed by atoms with Gasteiger partial charge in [-0.15, -0.1) is 0 Å². The van der Waals surface area contributed by atoms with Gasteiger partial charge < -0.3 is 0 Å². The van der Waals surface area contributed by atoms with E-state index in [2.05, 4.69) is 38.1 Å². The molecule has 1 heteroatoms. The summed E-state index contributed by atoms with van der Waals surface area (Å²) in [4.78, 5) is 12.6. The van der Waals surface area contributed by atoms with Crippen molar-refractivity contribution >= 4 is 11.9 Å². The quantitative estimate of drug-likeness (QED) is 0.729. The lowest BCUT2D eigenvalue weighted by molar-refractivity contribution is 0.0951. The molecule has 0 spiro atoms. The molecular formula is C20H20O. The van der Waals surface area contributed by atoms with Crippen LogP contribution in [0.1, 0.15) is 29.8 Å². The first kappa shape index (κ1) is 13.8. The van der Waals surface area contributed by atoms with Crippen LogP contribution in [-0.4, -0.2) is 5.78 Å². The van der Waals surface area contributed by atoms with Crippen LogP contribution in [0.3, 0.4) is 0 Å². The smallest absolute Gasteiger partial charge is 0.167 e. The van der Waals surface area contributed by atoms with Gasteiger partial charge >= 0.3 is 0 Å². The number of ketones is 1. The molecule has 0 radical (unpaired) electrons. The normalized spacial score (nSPS) is 23.1. The number of benzene rings is 2. The highest BCUT2D eigenvalue weighted by Crippen LogP contribution is 2.60. The fraction of sp³-hybridized carbons (Fsp3) is 0.250. The van der Waals surface area contributed by atoms with Gasteiger partial charge in [0.15, 0.2) is 5.78 Å². The molecule has 2 atom stereocenters. The fourth-order valence-corrected chi connectivity index (χ4v) is 3.10. The zero-order valence-corrected chi connectivity index (χ0v) is 12.5. The van der Waals surface area contributed by atoms with Crippen LogP contribution in [0.4, 0.5) is 0 Å². The molecule has 21 heavy (non-hydrogen) atoms. The number of carbonyl (C=O) groups is 1. The van der Waals surface area contributed by atoms with E-state index in [9.17, 15) is 4.79 Å². The molecule has 0 unspecified atom stereocenters. The molecule has 106 valence electrons. The van der Waals surface area contributed by atoms with Gasteiger partial charge in [-0.1, -0.05) is 86.7 Å². The van der Waals surface area contributed by atoms with Crippen LogP contribution in [0.2, 0.25) is 0 Å². The molecule has 0 saturated heterocycles. The summed E-state index contributed by atoms with van der Waals surface area (Å²) in [5.74, 6) is 0.689. The van der Waals surface area contributed by atoms with E-state index in [1.54, 1.807) is 0 Å². The SMILES string of the molecule is CC1(C)[C@H](/C=C/c2ccccc2)[C@H]1C(=O)c1ccccc1. The molecule has 1 aliphatic carbocycles. The number of rotatable bonds is 4. The monoisotopic (exact) mass is 276 g/mol. The van der Waals surface area contributed by atoms with E-state index in [-0.39, 0.29) is 17.1 Å². The van der Waals surface area contributed by atoms with E-state index in [0.717, 1.165) is 5.56 Å². The van der Waals surface area contributed by atoms with E-state index in [0.29, 0.717) is 5.92 Å². The molecule has 0 aromatic heterocycles. The second-order valence-electron chi connectivity index (χ2n) is 6.32. The maximum Gasteiger partial charge on any atom is 0.167 e. The molecule has 1 saturated carbocycles. The lowest BCUT2D eigenvalue weighted by atomic mass is 10.0. The Labute approximate surface area is 126 Å². The highest BCUT2D eigenvalue weighted by molar-refractivity contribution is 6.00.